The first kappa shape index (κ1) is 20.6. The van der Waals surface area contributed by atoms with Gasteiger partial charge in [0.1, 0.15) is 4.88 Å². The maximum absolute atomic E-state index is 12.3. The monoisotopic (exact) mass is 442 g/mol. The van der Waals surface area contributed by atoms with E-state index in [4.69, 9.17) is 10.1 Å². The van der Waals surface area contributed by atoms with Crippen LogP contribution in [0.15, 0.2) is 71.3 Å². The lowest BCUT2D eigenvalue weighted by molar-refractivity contribution is 0.0966. The van der Waals surface area contributed by atoms with Crippen molar-refractivity contribution in [3.63, 3.8) is 0 Å². The topological polar surface area (TPSA) is 57.6 Å². The van der Waals surface area contributed by atoms with Crippen molar-refractivity contribution in [3.8, 4) is 0 Å². The van der Waals surface area contributed by atoms with E-state index in [-0.39, 0.29) is 11.9 Å². The number of hydrogen-bond acceptors (Lipinski definition) is 5. The summed E-state index contributed by atoms with van der Waals surface area (Å²) in [6.07, 6.45) is 5.53. The molecule has 5 rings (SSSR count). The highest BCUT2D eigenvalue weighted by molar-refractivity contribution is 7.17. The summed E-state index contributed by atoms with van der Waals surface area (Å²) in [5.74, 6) is 0.199. The predicted octanol–water partition coefficient (Wildman–Crippen LogP) is 5.61. The number of allylic oxidation sites excluding steroid dienone is 1. The molecule has 0 radical (unpaired) electrons. The van der Waals surface area contributed by atoms with E-state index in [0.29, 0.717) is 10.8 Å². The van der Waals surface area contributed by atoms with Gasteiger partial charge in [-0.1, -0.05) is 72.0 Å². The lowest BCUT2D eigenvalue weighted by Crippen LogP contribution is -2.28. The van der Waals surface area contributed by atoms with Crippen LogP contribution in [0.1, 0.15) is 51.8 Å². The van der Waals surface area contributed by atoms with Gasteiger partial charge in [-0.05, 0) is 49.0 Å². The first-order chi connectivity index (χ1) is 15.7. The van der Waals surface area contributed by atoms with Crippen molar-refractivity contribution in [2.75, 3.05) is 12.1 Å². The number of benzene rings is 2. The average molecular weight is 443 g/mol. The summed E-state index contributed by atoms with van der Waals surface area (Å²) in [6.45, 7) is 1.89. The van der Waals surface area contributed by atoms with E-state index >= 15 is 0 Å². The number of anilines is 1. The predicted molar refractivity (Wildman–Crippen MR) is 131 cm³/mol. The Balaban J connectivity index is 1.60. The number of thiazole rings is 1. The summed E-state index contributed by atoms with van der Waals surface area (Å²) in [5, 5.41) is 10.7. The van der Waals surface area contributed by atoms with Crippen LogP contribution in [-0.2, 0) is 0 Å². The van der Waals surface area contributed by atoms with Crippen LogP contribution in [-0.4, -0.2) is 23.7 Å². The molecule has 1 fully saturated rings. The molecule has 0 bridgehead atoms. The Morgan fingerprint density at radius 3 is 2.56 bits per heavy atom. The van der Waals surface area contributed by atoms with Crippen LogP contribution in [0.5, 0.6) is 0 Å². The van der Waals surface area contributed by atoms with E-state index in [2.05, 4.69) is 64.9 Å². The second-order valence-electron chi connectivity index (χ2n) is 8.25. The number of fused-ring (bicyclic) bond motifs is 1. The highest BCUT2D eigenvalue weighted by Gasteiger charge is 2.43. The number of aromatic nitrogens is 1. The SMILES string of the molecule is CNC(=O)c1sc(N2N=C3/C(=C/c4ccccc4)CCC[C@@H]3[C@@H]2c2ccccc2)nc1C. The molecule has 162 valence electrons. The molecule has 6 heteroatoms. The van der Waals surface area contributed by atoms with Gasteiger partial charge in [0.15, 0.2) is 0 Å². The van der Waals surface area contributed by atoms with E-state index in [9.17, 15) is 4.79 Å². The van der Waals surface area contributed by atoms with Gasteiger partial charge in [0.05, 0.1) is 17.4 Å². The molecule has 2 aliphatic rings. The minimum atomic E-state index is -0.101. The zero-order valence-corrected chi connectivity index (χ0v) is 19.1. The molecule has 1 N–H and O–H groups in total. The largest absolute Gasteiger partial charge is 0.354 e. The normalized spacial score (nSPS) is 21.4. The van der Waals surface area contributed by atoms with Crippen molar-refractivity contribution < 1.29 is 4.79 Å². The minimum absolute atomic E-state index is 0.0776. The van der Waals surface area contributed by atoms with E-state index in [1.807, 2.05) is 19.1 Å². The van der Waals surface area contributed by atoms with Crippen molar-refractivity contribution in [3.05, 3.63) is 87.9 Å². The molecule has 5 nitrogen and oxygen atoms in total. The smallest absolute Gasteiger partial charge is 0.263 e. The molecule has 1 saturated carbocycles. The van der Waals surface area contributed by atoms with E-state index in [0.717, 1.165) is 35.8 Å². The molecule has 3 aromatic rings. The second kappa shape index (κ2) is 8.71. The Morgan fingerprint density at radius 1 is 1.12 bits per heavy atom. The molecule has 2 atom stereocenters. The van der Waals surface area contributed by atoms with Gasteiger partial charge in [0.2, 0.25) is 5.13 Å². The third-order valence-electron chi connectivity index (χ3n) is 6.20. The Kier molecular flexibility index (Phi) is 5.62. The maximum Gasteiger partial charge on any atom is 0.263 e. The van der Waals surface area contributed by atoms with Crippen LogP contribution in [0.4, 0.5) is 5.13 Å². The van der Waals surface area contributed by atoms with Crippen molar-refractivity contribution in [2.24, 2.45) is 11.0 Å². The van der Waals surface area contributed by atoms with E-state index in [1.54, 1.807) is 7.05 Å². The molecule has 0 spiro atoms. The Morgan fingerprint density at radius 2 is 1.84 bits per heavy atom. The standard InChI is InChI=1S/C26H26N4OS/c1-17-24(25(31)27-2)32-26(28-17)30-23(19-12-7-4-8-13-19)21-15-9-14-20(22(21)29-30)16-18-10-5-3-6-11-18/h3-8,10-13,16,21,23H,9,14-15H2,1-2H3,(H,27,31)/b20-16+/t21-,23-/m0/s1. The number of carbonyl (C=O) groups is 1. The van der Waals surface area contributed by atoms with Gasteiger partial charge in [-0.2, -0.15) is 5.10 Å². The van der Waals surface area contributed by atoms with Crippen LogP contribution < -0.4 is 10.3 Å². The molecular weight excluding hydrogens is 416 g/mol. The summed E-state index contributed by atoms with van der Waals surface area (Å²) in [4.78, 5) is 17.7. The highest BCUT2D eigenvalue weighted by Crippen LogP contribution is 2.47. The zero-order chi connectivity index (χ0) is 22.1. The first-order valence-corrected chi connectivity index (χ1v) is 11.9. The number of hydrogen-bond donors (Lipinski definition) is 1. The molecule has 0 unspecified atom stereocenters. The fraction of sp³-hybridized carbons (Fsp3) is 0.269. The summed E-state index contributed by atoms with van der Waals surface area (Å²) in [6, 6.07) is 21.1. The van der Waals surface area contributed by atoms with Crippen molar-refractivity contribution in [1.29, 1.82) is 0 Å². The minimum Gasteiger partial charge on any atom is -0.354 e. The number of amides is 1. The maximum atomic E-state index is 12.3. The Hall–Kier alpha value is -3.25. The lowest BCUT2D eigenvalue weighted by Gasteiger charge is -2.29. The number of carbonyl (C=O) groups excluding carboxylic acids is 1. The number of rotatable bonds is 4. The van der Waals surface area contributed by atoms with E-state index < -0.39 is 0 Å². The number of nitrogens with zero attached hydrogens (tertiary/aromatic N) is 3. The summed E-state index contributed by atoms with van der Waals surface area (Å²) in [5.41, 5.74) is 5.63. The third-order valence-corrected chi connectivity index (χ3v) is 7.34. The second-order valence-corrected chi connectivity index (χ2v) is 9.23. The molecule has 1 aliphatic carbocycles. The molecular formula is C26H26N4OS. The number of hydrazone groups is 1. The molecule has 2 heterocycles. The van der Waals surface area contributed by atoms with Crippen LogP contribution >= 0.6 is 11.3 Å². The lowest BCUT2D eigenvalue weighted by atomic mass is 9.77. The van der Waals surface area contributed by atoms with Gasteiger partial charge >= 0.3 is 0 Å². The quantitative estimate of drug-likeness (QED) is 0.571. The zero-order valence-electron chi connectivity index (χ0n) is 18.3. The molecule has 1 aliphatic heterocycles. The van der Waals surface area contributed by atoms with Crippen molar-refractivity contribution >= 4 is 34.2 Å². The van der Waals surface area contributed by atoms with Crippen LogP contribution in [0.3, 0.4) is 0 Å². The summed E-state index contributed by atoms with van der Waals surface area (Å²) in [7, 11) is 1.65. The number of nitrogens with one attached hydrogen (secondary N) is 1. The fourth-order valence-electron chi connectivity index (χ4n) is 4.70. The van der Waals surface area contributed by atoms with Crippen LogP contribution in [0.2, 0.25) is 0 Å². The highest BCUT2D eigenvalue weighted by atomic mass is 32.1. The third kappa shape index (κ3) is 3.75. The van der Waals surface area contributed by atoms with Crippen molar-refractivity contribution in [2.45, 2.75) is 32.2 Å². The fourth-order valence-corrected chi connectivity index (χ4v) is 5.70. The molecule has 2 aromatic carbocycles. The van der Waals surface area contributed by atoms with Gasteiger partial charge in [-0.3, -0.25) is 4.79 Å². The summed E-state index contributed by atoms with van der Waals surface area (Å²) < 4.78 is 0. The van der Waals surface area contributed by atoms with E-state index in [1.165, 1.54) is 28.0 Å². The van der Waals surface area contributed by atoms with Gasteiger partial charge in [0.25, 0.3) is 5.91 Å². The van der Waals surface area contributed by atoms with Crippen LogP contribution in [0, 0.1) is 12.8 Å². The van der Waals surface area contributed by atoms with Crippen molar-refractivity contribution in [1.82, 2.24) is 10.3 Å². The molecule has 1 aromatic heterocycles. The molecule has 32 heavy (non-hydrogen) atoms. The van der Waals surface area contributed by atoms with Gasteiger partial charge in [0, 0.05) is 13.0 Å². The van der Waals surface area contributed by atoms with Gasteiger partial charge in [-0.25, -0.2) is 9.99 Å². The average Bonchev–Trinajstić information content (AvgIpc) is 3.41. The first-order valence-electron chi connectivity index (χ1n) is 11.0. The van der Waals surface area contributed by atoms with Gasteiger partial charge < -0.3 is 5.32 Å². The van der Waals surface area contributed by atoms with Gasteiger partial charge in [-0.15, -0.1) is 0 Å². The number of aryl methyl sites for hydroxylation is 1. The molecule has 0 saturated heterocycles. The summed E-state index contributed by atoms with van der Waals surface area (Å²) >= 11 is 1.41. The Labute approximate surface area is 192 Å². The van der Waals surface area contributed by atoms with Crippen LogP contribution in [0.25, 0.3) is 6.08 Å². The Bertz CT molecular complexity index is 1180. The molecule has 1 amide bonds.